The third-order valence-electron chi connectivity index (χ3n) is 3.41. The van der Waals surface area contributed by atoms with Gasteiger partial charge in [-0.15, -0.1) is 0 Å². The van der Waals surface area contributed by atoms with Gasteiger partial charge in [0.05, 0.1) is 12.1 Å². The fraction of sp³-hybridized carbons (Fsp3) is 0.462. The number of rotatable bonds is 1. The molecule has 0 aromatic heterocycles. The second-order valence-corrected chi connectivity index (χ2v) is 4.67. The highest BCUT2D eigenvalue weighted by molar-refractivity contribution is 5.66. The van der Waals surface area contributed by atoms with E-state index in [1.807, 2.05) is 0 Å². The number of hydrogen-bond donors (Lipinski definition) is 2. The minimum Gasteiger partial charge on any atom is -0.465 e. The van der Waals surface area contributed by atoms with Crippen LogP contribution in [-0.4, -0.2) is 33.9 Å². The summed E-state index contributed by atoms with van der Waals surface area (Å²) < 4.78 is 13.1. The average Bonchev–Trinajstić information content (AvgIpc) is 2.28. The van der Waals surface area contributed by atoms with Crippen LogP contribution in [-0.2, 0) is 0 Å². The molecule has 1 saturated heterocycles. The lowest BCUT2D eigenvalue weighted by Gasteiger charge is -2.36. The maximum atomic E-state index is 13.1. The molecule has 1 heterocycles. The van der Waals surface area contributed by atoms with Crippen molar-refractivity contribution in [2.75, 3.05) is 6.54 Å². The van der Waals surface area contributed by atoms with E-state index in [4.69, 9.17) is 0 Å². The second kappa shape index (κ2) is 4.94. The summed E-state index contributed by atoms with van der Waals surface area (Å²) in [5, 5.41) is 18.9. The Morgan fingerprint density at radius 3 is 2.83 bits per heavy atom. The van der Waals surface area contributed by atoms with Crippen LogP contribution in [0, 0.1) is 12.7 Å². The third kappa shape index (κ3) is 2.46. The van der Waals surface area contributed by atoms with E-state index < -0.39 is 18.2 Å². The minimum absolute atomic E-state index is 0.304. The maximum Gasteiger partial charge on any atom is 0.407 e. The van der Waals surface area contributed by atoms with E-state index in [1.165, 1.54) is 17.0 Å². The van der Waals surface area contributed by atoms with E-state index in [0.717, 1.165) is 5.56 Å². The van der Waals surface area contributed by atoms with Crippen LogP contribution in [0.5, 0.6) is 0 Å². The Bertz CT molecular complexity index is 464. The number of amides is 1. The lowest BCUT2D eigenvalue weighted by atomic mass is 9.91. The number of likely N-dealkylation sites (tertiary alicyclic amines) is 1. The van der Waals surface area contributed by atoms with Crippen LogP contribution >= 0.6 is 0 Å². The van der Waals surface area contributed by atoms with Gasteiger partial charge in [0.15, 0.2) is 0 Å². The van der Waals surface area contributed by atoms with Crippen LogP contribution in [0.1, 0.15) is 30.0 Å². The topological polar surface area (TPSA) is 60.8 Å². The number of hydrogen-bond acceptors (Lipinski definition) is 2. The van der Waals surface area contributed by atoms with Crippen molar-refractivity contribution in [3.05, 3.63) is 35.1 Å². The summed E-state index contributed by atoms with van der Waals surface area (Å²) in [6.07, 6.45) is -0.701. The van der Waals surface area contributed by atoms with Crippen molar-refractivity contribution in [2.24, 2.45) is 0 Å². The van der Waals surface area contributed by atoms with E-state index in [0.29, 0.717) is 24.9 Å². The zero-order valence-electron chi connectivity index (χ0n) is 10.1. The summed E-state index contributed by atoms with van der Waals surface area (Å²) in [4.78, 5) is 12.5. The molecule has 1 aromatic rings. The number of carboxylic acid groups (broad SMARTS) is 1. The Morgan fingerprint density at radius 2 is 2.22 bits per heavy atom. The molecule has 5 heteroatoms. The van der Waals surface area contributed by atoms with Gasteiger partial charge in [-0.2, -0.15) is 0 Å². The van der Waals surface area contributed by atoms with Crippen molar-refractivity contribution < 1.29 is 19.4 Å². The lowest BCUT2D eigenvalue weighted by Crippen LogP contribution is -2.42. The molecular weight excluding hydrogens is 237 g/mol. The second-order valence-electron chi connectivity index (χ2n) is 4.67. The fourth-order valence-electron chi connectivity index (χ4n) is 2.48. The lowest BCUT2D eigenvalue weighted by molar-refractivity contribution is 0.0422. The Kier molecular flexibility index (Phi) is 3.52. The summed E-state index contributed by atoms with van der Waals surface area (Å²) in [7, 11) is 0. The van der Waals surface area contributed by atoms with Crippen LogP contribution in [0.4, 0.5) is 9.18 Å². The van der Waals surface area contributed by atoms with Gasteiger partial charge in [-0.05, 0) is 43.0 Å². The molecule has 0 saturated carbocycles. The Morgan fingerprint density at radius 1 is 1.50 bits per heavy atom. The van der Waals surface area contributed by atoms with E-state index in [1.54, 1.807) is 13.0 Å². The molecule has 1 aliphatic heterocycles. The SMILES string of the molecule is Cc1cc(F)ccc1C1CC(O)CCN1C(=O)O. The predicted molar refractivity (Wildman–Crippen MR) is 63.8 cm³/mol. The maximum absolute atomic E-state index is 13.1. The quantitative estimate of drug-likeness (QED) is 0.807. The summed E-state index contributed by atoms with van der Waals surface area (Å²) in [5.74, 6) is -0.338. The summed E-state index contributed by atoms with van der Waals surface area (Å²) in [6, 6.07) is 3.91. The van der Waals surface area contributed by atoms with E-state index in [2.05, 4.69) is 0 Å². The zero-order chi connectivity index (χ0) is 13.3. The van der Waals surface area contributed by atoms with Gasteiger partial charge < -0.3 is 15.1 Å². The molecule has 0 bridgehead atoms. The molecular formula is C13H16FNO3. The molecule has 1 aromatic carbocycles. The zero-order valence-corrected chi connectivity index (χ0v) is 10.1. The number of carbonyl (C=O) groups is 1. The Balaban J connectivity index is 2.35. The highest BCUT2D eigenvalue weighted by atomic mass is 19.1. The number of aliphatic hydroxyl groups is 1. The van der Waals surface area contributed by atoms with Crippen molar-refractivity contribution in [1.29, 1.82) is 0 Å². The first-order valence-corrected chi connectivity index (χ1v) is 5.92. The summed E-state index contributed by atoms with van der Waals surface area (Å²) in [6.45, 7) is 2.05. The van der Waals surface area contributed by atoms with Gasteiger partial charge >= 0.3 is 6.09 Å². The molecule has 4 nitrogen and oxygen atoms in total. The highest BCUT2D eigenvalue weighted by Crippen LogP contribution is 2.33. The van der Waals surface area contributed by atoms with Gasteiger partial charge in [0.1, 0.15) is 5.82 Å². The average molecular weight is 253 g/mol. The normalized spacial score (nSPS) is 24.1. The molecule has 2 rings (SSSR count). The molecule has 2 unspecified atom stereocenters. The molecule has 1 amide bonds. The molecule has 18 heavy (non-hydrogen) atoms. The van der Waals surface area contributed by atoms with E-state index in [-0.39, 0.29) is 5.82 Å². The number of piperidine rings is 1. The monoisotopic (exact) mass is 253 g/mol. The Labute approximate surface area is 105 Å². The van der Waals surface area contributed by atoms with E-state index >= 15 is 0 Å². The summed E-state index contributed by atoms with van der Waals surface area (Å²) in [5.41, 5.74) is 1.47. The van der Waals surface area contributed by atoms with Crippen LogP contribution in [0.2, 0.25) is 0 Å². The molecule has 0 aliphatic carbocycles. The molecule has 1 fully saturated rings. The van der Waals surface area contributed by atoms with Gasteiger partial charge in [-0.3, -0.25) is 0 Å². The van der Waals surface area contributed by atoms with Crippen LogP contribution in [0.25, 0.3) is 0 Å². The van der Waals surface area contributed by atoms with Crippen molar-refractivity contribution in [3.63, 3.8) is 0 Å². The smallest absolute Gasteiger partial charge is 0.407 e. The molecule has 2 N–H and O–H groups in total. The van der Waals surface area contributed by atoms with Gasteiger partial charge in [0.2, 0.25) is 0 Å². The van der Waals surface area contributed by atoms with Crippen molar-refractivity contribution in [3.8, 4) is 0 Å². The van der Waals surface area contributed by atoms with Crippen LogP contribution in [0.15, 0.2) is 18.2 Å². The largest absolute Gasteiger partial charge is 0.465 e. The van der Waals surface area contributed by atoms with Crippen LogP contribution in [0.3, 0.4) is 0 Å². The van der Waals surface area contributed by atoms with Crippen molar-refractivity contribution >= 4 is 6.09 Å². The number of aliphatic hydroxyl groups excluding tert-OH is 1. The number of nitrogens with zero attached hydrogens (tertiary/aromatic N) is 1. The van der Waals surface area contributed by atoms with Gasteiger partial charge in [0.25, 0.3) is 0 Å². The summed E-state index contributed by atoms with van der Waals surface area (Å²) >= 11 is 0. The minimum atomic E-state index is -1.00. The van der Waals surface area contributed by atoms with Crippen molar-refractivity contribution in [1.82, 2.24) is 4.90 Å². The first-order chi connectivity index (χ1) is 8.49. The molecule has 0 spiro atoms. The van der Waals surface area contributed by atoms with Crippen LogP contribution < -0.4 is 0 Å². The number of benzene rings is 1. The highest BCUT2D eigenvalue weighted by Gasteiger charge is 2.32. The first-order valence-electron chi connectivity index (χ1n) is 5.92. The molecule has 1 aliphatic rings. The number of aryl methyl sites for hydroxylation is 1. The first kappa shape index (κ1) is 12.8. The van der Waals surface area contributed by atoms with Gasteiger partial charge in [0, 0.05) is 6.54 Å². The Hall–Kier alpha value is -1.62. The molecule has 2 atom stereocenters. The van der Waals surface area contributed by atoms with E-state index in [9.17, 15) is 19.4 Å². The molecule has 0 radical (unpaired) electrons. The van der Waals surface area contributed by atoms with Gasteiger partial charge in [-0.1, -0.05) is 6.07 Å². The van der Waals surface area contributed by atoms with Crippen molar-refractivity contribution in [2.45, 2.75) is 31.9 Å². The van der Waals surface area contributed by atoms with Gasteiger partial charge in [-0.25, -0.2) is 9.18 Å². The standard InChI is InChI=1S/C13H16FNO3/c1-8-6-9(14)2-3-11(8)12-7-10(16)4-5-15(12)13(17)18/h2-3,6,10,12,16H,4-5,7H2,1H3,(H,17,18). The molecule has 98 valence electrons. The predicted octanol–water partition coefficient (Wildman–Crippen LogP) is 2.31. The third-order valence-corrected chi connectivity index (χ3v) is 3.41. The number of halogens is 1. The fourth-order valence-corrected chi connectivity index (χ4v) is 2.48.